The summed E-state index contributed by atoms with van der Waals surface area (Å²) in [5.74, 6) is -1.77. The van der Waals surface area contributed by atoms with Gasteiger partial charge in [-0.05, 0) is 87.2 Å². The third-order valence-electron chi connectivity index (χ3n) is 7.05. The van der Waals surface area contributed by atoms with E-state index in [1.54, 1.807) is 18.0 Å². The molecule has 0 bridgehead atoms. The van der Waals surface area contributed by atoms with Crippen LogP contribution in [0.3, 0.4) is 0 Å². The number of nitrogens with zero attached hydrogens (tertiary/aromatic N) is 3. The number of halogens is 1. The van der Waals surface area contributed by atoms with Gasteiger partial charge in [-0.1, -0.05) is 18.2 Å². The first kappa shape index (κ1) is 30.4. The summed E-state index contributed by atoms with van der Waals surface area (Å²) in [6.07, 6.45) is 0.309. The number of carbonyl (C=O) groups is 3. The third-order valence-corrected chi connectivity index (χ3v) is 7.05. The molecule has 1 heterocycles. The number of aliphatic carboxylic acids is 1. The van der Waals surface area contributed by atoms with E-state index >= 15 is 0 Å². The second-order valence-corrected chi connectivity index (χ2v) is 10.7. The number of carboxylic acids is 1. The van der Waals surface area contributed by atoms with Crippen molar-refractivity contribution in [2.75, 3.05) is 63.4 Å². The third kappa shape index (κ3) is 7.59. The molecule has 0 aromatic heterocycles. The van der Waals surface area contributed by atoms with Crippen molar-refractivity contribution < 1.29 is 23.9 Å². The number of carbonyl (C=O) groups excluding carboxylic acids is 2. The molecule has 0 radical (unpaired) electrons. The van der Waals surface area contributed by atoms with Gasteiger partial charge in [-0.15, -0.1) is 0 Å². The maximum Gasteiger partial charge on any atom is 0.303 e. The highest BCUT2D eigenvalue weighted by Crippen LogP contribution is 2.38. The van der Waals surface area contributed by atoms with E-state index in [0.29, 0.717) is 40.2 Å². The van der Waals surface area contributed by atoms with E-state index in [-0.39, 0.29) is 24.8 Å². The van der Waals surface area contributed by atoms with Crippen LogP contribution in [0.25, 0.3) is 11.3 Å². The Kier molecular flexibility index (Phi) is 9.72. The molecule has 3 aromatic carbocycles. The number of aryl methyl sites for hydroxylation is 1. The SMILES string of the molecule is CN(C)CCN(C)CC(=O)N(C)c1ccc(N/C(=C2\C(=O)Nc3cc(F)ccc32)c2cccc(CCC(=O)O)c2)cc1. The van der Waals surface area contributed by atoms with Gasteiger partial charge in [0.2, 0.25) is 5.91 Å². The summed E-state index contributed by atoms with van der Waals surface area (Å²) in [6.45, 7) is 1.91. The average Bonchev–Trinajstić information content (AvgIpc) is 3.28. The van der Waals surface area contributed by atoms with Gasteiger partial charge < -0.3 is 25.5 Å². The lowest BCUT2D eigenvalue weighted by molar-refractivity contribution is -0.137. The molecule has 0 atom stereocenters. The molecule has 3 aromatic rings. The molecule has 10 heteroatoms. The molecular formula is C32H36FN5O4. The van der Waals surface area contributed by atoms with Crippen LogP contribution in [0, 0.1) is 5.82 Å². The molecule has 1 aliphatic heterocycles. The van der Waals surface area contributed by atoms with Gasteiger partial charge in [0.1, 0.15) is 5.82 Å². The number of hydrogen-bond donors (Lipinski definition) is 3. The molecular weight excluding hydrogens is 537 g/mol. The van der Waals surface area contributed by atoms with E-state index in [1.165, 1.54) is 12.1 Å². The second-order valence-electron chi connectivity index (χ2n) is 10.7. The smallest absolute Gasteiger partial charge is 0.303 e. The van der Waals surface area contributed by atoms with Crippen molar-refractivity contribution in [3.05, 3.63) is 89.2 Å². The van der Waals surface area contributed by atoms with Crippen LogP contribution in [0.1, 0.15) is 23.1 Å². The van der Waals surface area contributed by atoms with Crippen molar-refractivity contribution in [1.82, 2.24) is 9.80 Å². The zero-order valence-electron chi connectivity index (χ0n) is 24.3. The van der Waals surface area contributed by atoms with E-state index < -0.39 is 11.8 Å². The van der Waals surface area contributed by atoms with Crippen molar-refractivity contribution >= 4 is 46.1 Å². The van der Waals surface area contributed by atoms with E-state index in [4.69, 9.17) is 5.11 Å². The van der Waals surface area contributed by atoms with Crippen LogP contribution >= 0.6 is 0 Å². The van der Waals surface area contributed by atoms with Gasteiger partial charge in [0.25, 0.3) is 5.91 Å². The van der Waals surface area contributed by atoms with Crippen LogP contribution in [0.4, 0.5) is 21.5 Å². The lowest BCUT2D eigenvalue weighted by Crippen LogP contribution is -2.39. The zero-order chi connectivity index (χ0) is 30.4. The fourth-order valence-electron chi connectivity index (χ4n) is 4.65. The highest BCUT2D eigenvalue weighted by Gasteiger charge is 2.29. The highest BCUT2D eigenvalue weighted by atomic mass is 19.1. The number of rotatable bonds is 12. The standard InChI is InChI=1S/C32H36FN5O4/c1-36(2)16-17-37(3)20-28(39)38(4)25-12-10-24(11-13-25)34-31(22-7-5-6-21(18-22)8-15-29(40)41)30-26-14-9-23(33)19-27(26)35-32(30)42/h5-7,9-14,18-19,34H,8,15-17,20H2,1-4H3,(H,35,42)(H,40,41)/b31-30-. The Balaban J connectivity index is 1.63. The van der Waals surface area contributed by atoms with E-state index in [2.05, 4.69) is 15.5 Å². The summed E-state index contributed by atoms with van der Waals surface area (Å²) < 4.78 is 13.9. The molecule has 0 spiro atoms. The zero-order valence-corrected chi connectivity index (χ0v) is 24.3. The molecule has 9 nitrogen and oxygen atoms in total. The van der Waals surface area contributed by atoms with Crippen LogP contribution in [0.5, 0.6) is 0 Å². The number of likely N-dealkylation sites (N-methyl/N-ethyl adjacent to an activating group) is 3. The van der Waals surface area contributed by atoms with Crippen molar-refractivity contribution in [3.63, 3.8) is 0 Å². The van der Waals surface area contributed by atoms with Gasteiger partial charge in [-0.2, -0.15) is 0 Å². The van der Waals surface area contributed by atoms with Crippen LogP contribution < -0.4 is 15.5 Å². The Labute approximate surface area is 245 Å². The van der Waals surface area contributed by atoms with Gasteiger partial charge in [-0.25, -0.2) is 4.39 Å². The Morgan fingerprint density at radius 2 is 1.69 bits per heavy atom. The summed E-state index contributed by atoms with van der Waals surface area (Å²) in [4.78, 5) is 42.8. The number of fused-ring (bicyclic) bond motifs is 1. The van der Waals surface area contributed by atoms with Gasteiger partial charge in [0, 0.05) is 43.5 Å². The Hall–Kier alpha value is -4.54. The first-order chi connectivity index (χ1) is 20.0. The molecule has 42 heavy (non-hydrogen) atoms. The maximum absolute atomic E-state index is 13.9. The van der Waals surface area contributed by atoms with E-state index in [0.717, 1.165) is 24.3 Å². The molecule has 1 aliphatic rings. The van der Waals surface area contributed by atoms with Gasteiger partial charge in [0.15, 0.2) is 0 Å². The van der Waals surface area contributed by atoms with Crippen molar-refractivity contribution in [2.45, 2.75) is 12.8 Å². The highest BCUT2D eigenvalue weighted by molar-refractivity contribution is 6.37. The molecule has 220 valence electrons. The van der Waals surface area contributed by atoms with Crippen LogP contribution in [0.2, 0.25) is 0 Å². The summed E-state index contributed by atoms with van der Waals surface area (Å²) >= 11 is 0. The second kappa shape index (κ2) is 13.4. The number of amides is 2. The Morgan fingerprint density at radius 3 is 2.38 bits per heavy atom. The van der Waals surface area contributed by atoms with Crippen molar-refractivity contribution in [3.8, 4) is 0 Å². The summed E-state index contributed by atoms with van der Waals surface area (Å²) in [6, 6.07) is 18.8. The van der Waals surface area contributed by atoms with Crippen LogP contribution in [-0.4, -0.2) is 80.5 Å². The van der Waals surface area contributed by atoms with Gasteiger partial charge in [0.05, 0.1) is 23.5 Å². The first-order valence-electron chi connectivity index (χ1n) is 13.7. The van der Waals surface area contributed by atoms with E-state index in [9.17, 15) is 18.8 Å². The minimum absolute atomic E-state index is 0.0233. The Bertz CT molecular complexity index is 1500. The molecule has 0 saturated heterocycles. The quantitative estimate of drug-likeness (QED) is 0.279. The largest absolute Gasteiger partial charge is 0.481 e. The summed E-state index contributed by atoms with van der Waals surface area (Å²) in [5, 5.41) is 15.2. The lowest BCUT2D eigenvalue weighted by Gasteiger charge is -2.23. The van der Waals surface area contributed by atoms with Gasteiger partial charge in [-0.3, -0.25) is 19.3 Å². The van der Waals surface area contributed by atoms with E-state index in [1.807, 2.05) is 74.6 Å². The lowest BCUT2D eigenvalue weighted by atomic mass is 9.97. The Morgan fingerprint density at radius 1 is 0.952 bits per heavy atom. The molecule has 2 amide bonds. The molecule has 0 fully saturated rings. The predicted octanol–water partition coefficient (Wildman–Crippen LogP) is 4.23. The molecule has 4 rings (SSSR count). The number of hydrogen-bond acceptors (Lipinski definition) is 6. The van der Waals surface area contributed by atoms with Gasteiger partial charge >= 0.3 is 5.97 Å². The molecule has 0 aliphatic carbocycles. The number of benzene rings is 3. The summed E-state index contributed by atoms with van der Waals surface area (Å²) in [5.41, 5.74) is 4.64. The monoisotopic (exact) mass is 573 g/mol. The first-order valence-corrected chi connectivity index (χ1v) is 13.7. The maximum atomic E-state index is 13.9. The van der Waals surface area contributed by atoms with Crippen molar-refractivity contribution in [1.29, 1.82) is 0 Å². The molecule has 0 unspecified atom stereocenters. The summed E-state index contributed by atoms with van der Waals surface area (Å²) in [7, 11) is 7.64. The fraction of sp³-hybridized carbons (Fsp3) is 0.281. The average molecular weight is 574 g/mol. The normalized spacial score (nSPS) is 13.6. The minimum atomic E-state index is -0.896. The number of carboxylic acid groups (broad SMARTS) is 1. The van der Waals surface area contributed by atoms with Crippen LogP contribution in [0.15, 0.2) is 66.7 Å². The molecule has 0 saturated carbocycles. The van der Waals surface area contributed by atoms with Crippen LogP contribution in [-0.2, 0) is 20.8 Å². The molecule has 3 N–H and O–H groups in total. The minimum Gasteiger partial charge on any atom is -0.481 e. The topological polar surface area (TPSA) is 105 Å². The van der Waals surface area contributed by atoms with Crippen molar-refractivity contribution in [2.24, 2.45) is 0 Å². The number of nitrogens with one attached hydrogen (secondary N) is 2. The predicted molar refractivity (Wildman–Crippen MR) is 164 cm³/mol. The number of anilines is 3. The fourth-order valence-corrected chi connectivity index (χ4v) is 4.65.